The van der Waals surface area contributed by atoms with Gasteiger partial charge < -0.3 is 18.1 Å². The van der Waals surface area contributed by atoms with Gasteiger partial charge >= 0.3 is 25.4 Å². The monoisotopic (exact) mass is 283 g/mol. The first kappa shape index (κ1) is 16.7. The molecule has 16 heavy (non-hydrogen) atoms. The van der Waals surface area contributed by atoms with Gasteiger partial charge in [0.05, 0.1) is 0 Å². The van der Waals surface area contributed by atoms with Crippen molar-refractivity contribution in [1.82, 2.24) is 5.32 Å². The standard InChI is InChI=1S/C11H21N2.CH3.ClH.Cr/c1-12-7-6-9-8-13-11-5-3-2-4-10(9)11;;;/h9-11,13H,2-8H2,1H3;1H3;1H;/q2*-1;;+3/p-1. The van der Waals surface area contributed by atoms with E-state index in [0.717, 1.165) is 24.4 Å². The number of fused-ring (bicyclic) bond motifs is 1. The number of nitrogens with one attached hydrogen (secondary N) is 1. The fourth-order valence-corrected chi connectivity index (χ4v) is 3.04. The van der Waals surface area contributed by atoms with Gasteiger partial charge in [0.1, 0.15) is 0 Å². The molecule has 1 aliphatic heterocycles. The fourth-order valence-electron chi connectivity index (χ4n) is 3.04. The molecule has 3 atom stereocenters. The van der Waals surface area contributed by atoms with E-state index in [4.69, 9.17) is 0 Å². The van der Waals surface area contributed by atoms with Crippen molar-refractivity contribution in [1.29, 1.82) is 0 Å². The molecule has 2 nitrogen and oxygen atoms in total. The molecule has 1 aliphatic carbocycles. The molecular formula is C12H24ClCrN2. The van der Waals surface area contributed by atoms with Gasteiger partial charge in [-0.05, 0) is 31.2 Å². The fraction of sp³-hybridized carbons (Fsp3) is 0.917. The Bertz CT molecular complexity index is 169. The third-order valence-corrected chi connectivity index (χ3v) is 3.79. The average molecular weight is 284 g/mol. The van der Waals surface area contributed by atoms with Crippen LogP contribution in [-0.4, -0.2) is 26.2 Å². The Morgan fingerprint density at radius 1 is 1.31 bits per heavy atom. The SMILES string of the molecule is C[N-]CCC1CNC2CCCCC12.[CH3-].[Cl][Cr+2]. The van der Waals surface area contributed by atoms with Gasteiger partial charge in [-0.15, -0.1) is 6.54 Å². The Labute approximate surface area is 114 Å². The number of hydrogen-bond donors (Lipinski definition) is 1. The first-order valence-corrected chi connectivity index (χ1v) is 7.61. The summed E-state index contributed by atoms with van der Waals surface area (Å²) in [5.41, 5.74) is 0. The Kier molecular flexibility index (Phi) is 10.2. The summed E-state index contributed by atoms with van der Waals surface area (Å²) in [6, 6.07) is 0.857. The summed E-state index contributed by atoms with van der Waals surface area (Å²) >= 11 is 2.10. The molecule has 1 heterocycles. The van der Waals surface area contributed by atoms with Gasteiger partial charge in [0.2, 0.25) is 0 Å². The third-order valence-electron chi connectivity index (χ3n) is 3.79. The predicted molar refractivity (Wildman–Crippen MR) is 68.3 cm³/mol. The van der Waals surface area contributed by atoms with Gasteiger partial charge in [-0.2, -0.15) is 7.05 Å². The zero-order valence-electron chi connectivity index (χ0n) is 10.4. The second-order valence-electron chi connectivity index (χ2n) is 4.55. The second kappa shape index (κ2) is 9.74. The summed E-state index contributed by atoms with van der Waals surface area (Å²) in [6.07, 6.45) is 7.10. The Morgan fingerprint density at radius 2 is 2.00 bits per heavy atom. The molecule has 1 saturated heterocycles. The van der Waals surface area contributed by atoms with E-state index < -0.39 is 0 Å². The van der Waals surface area contributed by atoms with E-state index in [-0.39, 0.29) is 7.43 Å². The van der Waals surface area contributed by atoms with E-state index in [9.17, 15) is 0 Å². The van der Waals surface area contributed by atoms with Crippen LogP contribution in [0.1, 0.15) is 32.1 Å². The van der Waals surface area contributed by atoms with Crippen molar-refractivity contribution in [2.75, 3.05) is 20.1 Å². The molecule has 2 fully saturated rings. The second-order valence-corrected chi connectivity index (χ2v) is 4.55. The van der Waals surface area contributed by atoms with Gasteiger partial charge in [-0.3, -0.25) is 0 Å². The van der Waals surface area contributed by atoms with Crippen LogP contribution in [0, 0.1) is 19.3 Å². The van der Waals surface area contributed by atoms with E-state index in [1.165, 1.54) is 38.6 Å². The Hall–Kier alpha value is 0.742. The van der Waals surface area contributed by atoms with Crippen LogP contribution >= 0.6 is 10.0 Å². The number of nitrogens with zero attached hydrogens (tertiary/aromatic N) is 1. The molecule has 0 radical (unpaired) electrons. The molecule has 0 aromatic carbocycles. The van der Waals surface area contributed by atoms with Crippen molar-refractivity contribution in [3.05, 3.63) is 12.7 Å². The van der Waals surface area contributed by atoms with Crippen molar-refractivity contribution in [2.45, 2.75) is 38.1 Å². The van der Waals surface area contributed by atoms with Gasteiger partial charge in [-0.1, -0.05) is 19.3 Å². The maximum atomic E-state index is 4.51. The van der Waals surface area contributed by atoms with Crippen LogP contribution in [0.4, 0.5) is 0 Å². The van der Waals surface area contributed by atoms with Gasteiger partial charge in [0.25, 0.3) is 0 Å². The molecule has 0 bridgehead atoms. The number of hydrogen-bond acceptors (Lipinski definition) is 1. The molecule has 1 N–H and O–H groups in total. The topological polar surface area (TPSA) is 26.1 Å². The molecule has 4 heteroatoms. The number of rotatable bonds is 3. The van der Waals surface area contributed by atoms with Crippen LogP contribution in [0.25, 0.3) is 5.32 Å². The summed E-state index contributed by atoms with van der Waals surface area (Å²) in [5.74, 6) is 1.91. The molecular weight excluding hydrogens is 260 g/mol. The third kappa shape index (κ3) is 4.55. The first-order valence-electron chi connectivity index (χ1n) is 5.86. The van der Waals surface area contributed by atoms with Gasteiger partial charge in [-0.25, -0.2) is 0 Å². The quantitative estimate of drug-likeness (QED) is 0.790. The zero-order valence-corrected chi connectivity index (χ0v) is 12.4. The van der Waals surface area contributed by atoms with Crippen molar-refractivity contribution in [2.24, 2.45) is 11.8 Å². The van der Waals surface area contributed by atoms with Crippen LogP contribution in [0.2, 0.25) is 0 Å². The van der Waals surface area contributed by atoms with E-state index in [1.54, 1.807) is 0 Å². The van der Waals surface area contributed by atoms with Crippen molar-refractivity contribution >= 4 is 10.0 Å². The molecule has 2 aliphatic rings. The average Bonchev–Trinajstić information content (AvgIpc) is 2.72. The van der Waals surface area contributed by atoms with Crippen LogP contribution in [0.3, 0.4) is 0 Å². The van der Waals surface area contributed by atoms with Crippen molar-refractivity contribution in [3.8, 4) is 0 Å². The predicted octanol–water partition coefficient (Wildman–Crippen LogP) is 3.30. The van der Waals surface area contributed by atoms with E-state index in [1.807, 2.05) is 7.05 Å². The van der Waals surface area contributed by atoms with Gasteiger partial charge in [0.15, 0.2) is 0 Å². The molecule has 1 saturated carbocycles. The van der Waals surface area contributed by atoms with E-state index in [2.05, 4.69) is 36.1 Å². The summed E-state index contributed by atoms with van der Waals surface area (Å²) in [5, 5.41) is 7.88. The summed E-state index contributed by atoms with van der Waals surface area (Å²) in [4.78, 5) is 0. The summed E-state index contributed by atoms with van der Waals surface area (Å²) < 4.78 is 0. The first-order chi connectivity index (χ1) is 7.42. The van der Waals surface area contributed by atoms with E-state index >= 15 is 0 Å². The minimum atomic E-state index is 0. The number of halogens is 1. The van der Waals surface area contributed by atoms with Crippen molar-refractivity contribution in [3.63, 3.8) is 0 Å². The summed E-state index contributed by atoms with van der Waals surface area (Å²) in [7, 11) is 6.45. The molecule has 2 rings (SSSR count). The molecule has 0 aromatic rings. The van der Waals surface area contributed by atoms with Crippen LogP contribution in [0.5, 0.6) is 0 Å². The molecule has 0 spiro atoms. The van der Waals surface area contributed by atoms with Crippen molar-refractivity contribution < 1.29 is 15.4 Å². The maximum absolute atomic E-state index is 4.51. The summed E-state index contributed by atoms with van der Waals surface area (Å²) in [6.45, 7) is 2.32. The van der Waals surface area contributed by atoms with Crippen LogP contribution in [0.15, 0.2) is 0 Å². The molecule has 0 amide bonds. The Morgan fingerprint density at radius 3 is 2.69 bits per heavy atom. The minimum absolute atomic E-state index is 0. The normalized spacial score (nSPS) is 31.9. The van der Waals surface area contributed by atoms with Crippen LogP contribution < -0.4 is 5.32 Å². The Balaban J connectivity index is 0.000000711. The van der Waals surface area contributed by atoms with Crippen LogP contribution in [-0.2, 0) is 15.4 Å². The van der Waals surface area contributed by atoms with Gasteiger partial charge in [0, 0.05) is 6.04 Å². The zero-order chi connectivity index (χ0) is 11.1. The molecule has 95 valence electrons. The molecule has 3 unspecified atom stereocenters. The molecule has 0 aromatic heterocycles. The van der Waals surface area contributed by atoms with E-state index in [0.29, 0.717) is 0 Å².